The third-order valence-corrected chi connectivity index (χ3v) is 7.00. The summed E-state index contributed by atoms with van der Waals surface area (Å²) in [5.74, 6) is 0. The van der Waals surface area contributed by atoms with Gasteiger partial charge in [0, 0.05) is 20.1 Å². The molecule has 8 nitrogen and oxygen atoms in total. The Morgan fingerprint density at radius 3 is 1.92 bits per heavy atom. The second-order valence-electron chi connectivity index (χ2n) is 10.7. The molecule has 0 aromatic carbocycles. The van der Waals surface area contributed by atoms with E-state index in [9.17, 15) is 14.3 Å². The first kappa shape index (κ1) is 35.1. The van der Waals surface area contributed by atoms with E-state index in [0.717, 1.165) is 12.8 Å². The molecule has 9 heteroatoms. The van der Waals surface area contributed by atoms with Crippen molar-refractivity contribution in [2.45, 2.75) is 96.8 Å². The quantitative estimate of drug-likeness (QED) is 0.0725. The second kappa shape index (κ2) is 22.1. The highest BCUT2D eigenvalue weighted by atomic mass is 31.2. The van der Waals surface area contributed by atoms with E-state index in [2.05, 4.69) is 24.4 Å². The summed E-state index contributed by atoms with van der Waals surface area (Å²) in [6, 6.07) is -0.224. The maximum Gasteiger partial charge on any atom is 0.317 e. The van der Waals surface area contributed by atoms with E-state index in [4.69, 9.17) is 9.05 Å². The van der Waals surface area contributed by atoms with Crippen LogP contribution in [0.15, 0.2) is 12.2 Å². The first-order valence-electron chi connectivity index (χ1n) is 14.1. The van der Waals surface area contributed by atoms with Crippen LogP contribution in [-0.4, -0.2) is 76.5 Å². The topological polar surface area (TPSA) is 90.9 Å². The van der Waals surface area contributed by atoms with Crippen molar-refractivity contribution in [2.75, 3.05) is 61.0 Å². The van der Waals surface area contributed by atoms with Crippen LogP contribution in [0.1, 0.15) is 96.8 Å². The fraction of sp³-hybridized carbons (Fsp3) is 0.889. The molecule has 0 spiro atoms. The number of nitrogens with one attached hydrogen (secondary N) is 1. The van der Waals surface area contributed by atoms with Gasteiger partial charge < -0.3 is 28.6 Å². The van der Waals surface area contributed by atoms with E-state index in [-0.39, 0.29) is 25.8 Å². The molecule has 0 aliphatic heterocycles. The molecule has 0 bridgehead atoms. The molecule has 0 aromatic heterocycles. The Hall–Kier alpha value is -0.920. The van der Waals surface area contributed by atoms with E-state index in [1.54, 1.807) is 7.05 Å². The van der Waals surface area contributed by atoms with Crippen molar-refractivity contribution in [1.29, 1.82) is 0 Å². The van der Waals surface area contributed by atoms with Crippen molar-refractivity contribution < 1.29 is 27.8 Å². The summed E-state index contributed by atoms with van der Waals surface area (Å²) in [7, 11) is 3.13. The van der Waals surface area contributed by atoms with Crippen molar-refractivity contribution in [3.63, 3.8) is 0 Å². The Morgan fingerprint density at radius 2 is 1.36 bits per heavy atom. The van der Waals surface area contributed by atoms with Crippen LogP contribution in [0.3, 0.4) is 0 Å². The average molecular weight is 534 g/mol. The molecule has 0 heterocycles. The molecular formula is C27H56N3O5P. The Morgan fingerprint density at radius 1 is 0.861 bits per heavy atom. The number of allylic oxidation sites excluding steroid dienone is 2. The van der Waals surface area contributed by atoms with Gasteiger partial charge >= 0.3 is 6.03 Å². The number of unbranched alkanes of at least 4 members (excludes halogenated alkanes) is 12. The van der Waals surface area contributed by atoms with Crippen LogP contribution >= 0.6 is 7.82 Å². The minimum Gasteiger partial charge on any atom is -0.756 e. The van der Waals surface area contributed by atoms with Gasteiger partial charge in [-0.05, 0) is 32.1 Å². The smallest absolute Gasteiger partial charge is 0.317 e. The number of rotatable bonds is 24. The Kier molecular flexibility index (Phi) is 21.5. The monoisotopic (exact) mass is 533 g/mol. The van der Waals surface area contributed by atoms with Gasteiger partial charge in [0.2, 0.25) is 0 Å². The lowest BCUT2D eigenvalue weighted by molar-refractivity contribution is -0.870. The van der Waals surface area contributed by atoms with Crippen molar-refractivity contribution in [1.82, 2.24) is 10.2 Å². The normalized spacial score (nSPS) is 13.7. The number of likely N-dealkylation sites (N-methyl/N-ethyl adjacent to an activating group) is 2. The van der Waals surface area contributed by atoms with Gasteiger partial charge in [-0.1, -0.05) is 76.9 Å². The second-order valence-corrected chi connectivity index (χ2v) is 12.1. The lowest BCUT2D eigenvalue weighted by atomic mass is 10.1. The molecule has 0 saturated heterocycles. The van der Waals surface area contributed by atoms with Crippen molar-refractivity contribution in [3.8, 4) is 0 Å². The van der Waals surface area contributed by atoms with Gasteiger partial charge in [0.25, 0.3) is 7.82 Å². The third kappa shape index (κ3) is 24.8. The third-order valence-electron chi connectivity index (χ3n) is 6.00. The molecule has 214 valence electrons. The fourth-order valence-corrected chi connectivity index (χ4v) is 4.24. The summed E-state index contributed by atoms with van der Waals surface area (Å²) < 4.78 is 22.1. The average Bonchev–Trinajstić information content (AvgIpc) is 2.79. The van der Waals surface area contributed by atoms with Crippen LogP contribution in [-0.2, 0) is 13.6 Å². The van der Waals surface area contributed by atoms with Crippen LogP contribution < -0.4 is 10.2 Å². The Labute approximate surface area is 222 Å². The van der Waals surface area contributed by atoms with Crippen molar-refractivity contribution in [2.24, 2.45) is 0 Å². The minimum atomic E-state index is -4.34. The molecule has 1 atom stereocenters. The zero-order chi connectivity index (χ0) is 27.1. The predicted molar refractivity (Wildman–Crippen MR) is 148 cm³/mol. The largest absolute Gasteiger partial charge is 0.756 e. The maximum atomic E-state index is 12.1. The minimum absolute atomic E-state index is 0.0664. The number of nitrogens with zero attached hydrogens (tertiary/aromatic N) is 2. The van der Waals surface area contributed by atoms with E-state index in [1.165, 1.54) is 81.9 Å². The van der Waals surface area contributed by atoms with Gasteiger partial charge in [-0.2, -0.15) is 0 Å². The van der Waals surface area contributed by atoms with E-state index >= 15 is 0 Å². The van der Waals surface area contributed by atoms with Crippen molar-refractivity contribution >= 4 is 13.9 Å². The van der Waals surface area contributed by atoms with E-state index < -0.39 is 7.82 Å². The molecule has 0 aliphatic carbocycles. The van der Waals surface area contributed by atoms with Crippen LogP contribution in [0.2, 0.25) is 0 Å². The molecule has 2 amide bonds. The van der Waals surface area contributed by atoms with Gasteiger partial charge in [0.05, 0.1) is 27.7 Å². The summed E-state index contributed by atoms with van der Waals surface area (Å²) in [5.41, 5.74) is 0. The maximum absolute atomic E-state index is 12.1. The molecule has 0 rings (SSSR count). The van der Waals surface area contributed by atoms with Crippen LogP contribution in [0.25, 0.3) is 0 Å². The van der Waals surface area contributed by atoms with E-state index in [1.807, 2.05) is 21.1 Å². The highest BCUT2D eigenvalue weighted by Gasteiger charge is 2.14. The van der Waals surface area contributed by atoms with Gasteiger partial charge in [0.15, 0.2) is 0 Å². The number of phosphoric ester groups is 1. The molecule has 0 saturated carbocycles. The van der Waals surface area contributed by atoms with Crippen LogP contribution in [0.5, 0.6) is 0 Å². The first-order chi connectivity index (χ1) is 17.1. The van der Waals surface area contributed by atoms with Crippen LogP contribution in [0.4, 0.5) is 4.79 Å². The van der Waals surface area contributed by atoms with E-state index in [0.29, 0.717) is 17.6 Å². The lowest BCUT2D eigenvalue weighted by Gasteiger charge is -2.27. The zero-order valence-corrected chi connectivity index (χ0v) is 24.9. The molecule has 36 heavy (non-hydrogen) atoms. The summed E-state index contributed by atoms with van der Waals surface area (Å²) in [6.45, 7) is 3.55. The number of hydrogen-bond donors (Lipinski definition) is 1. The number of carbonyl (C=O) groups is 1. The predicted octanol–water partition coefficient (Wildman–Crippen LogP) is 5.87. The standard InChI is InChI=1S/C27H56N3O5P/c1-6-7-8-9-10-11-12-13-14-15-16-17-18-19-20-21-22-28-27(31)29(2)23-25-34-36(32,33)35-26-24-30(3,4)5/h13-14H,6-12,15-26H2,1-5H3,(H-,28,31,32,33)/b14-13-. The fourth-order valence-electron chi connectivity index (χ4n) is 3.56. The SMILES string of the molecule is CCCCCCCC/C=C\CCCCCCCCNC(=O)N(C)CCOP(=O)([O-])OCC[N+](C)(C)C. The molecule has 0 fully saturated rings. The number of amides is 2. The van der Waals surface area contributed by atoms with Gasteiger partial charge in [-0.15, -0.1) is 0 Å². The molecule has 1 unspecified atom stereocenters. The van der Waals surface area contributed by atoms with Gasteiger partial charge in [-0.25, -0.2) is 4.79 Å². The molecule has 1 N–H and O–H groups in total. The molecule has 0 aliphatic rings. The molecule has 0 aromatic rings. The lowest BCUT2D eigenvalue weighted by Crippen LogP contribution is -2.39. The zero-order valence-electron chi connectivity index (χ0n) is 24.0. The summed E-state index contributed by atoms with van der Waals surface area (Å²) >= 11 is 0. The summed E-state index contributed by atoms with van der Waals surface area (Å²) in [4.78, 5) is 25.3. The van der Waals surface area contributed by atoms with Crippen molar-refractivity contribution in [3.05, 3.63) is 12.2 Å². The highest BCUT2D eigenvalue weighted by Crippen LogP contribution is 2.37. The number of carbonyl (C=O) groups excluding carboxylic acids is 1. The summed E-state index contributed by atoms with van der Waals surface area (Å²) in [6.07, 6.45) is 22.3. The number of hydrogen-bond acceptors (Lipinski definition) is 5. The Balaban J connectivity index is 3.57. The van der Waals surface area contributed by atoms with Gasteiger partial charge in [0.1, 0.15) is 13.2 Å². The van der Waals surface area contributed by atoms with Crippen LogP contribution in [0, 0.1) is 0 Å². The Bertz CT molecular complexity index is 611. The number of urea groups is 1. The molecule has 0 radical (unpaired) electrons. The summed E-state index contributed by atoms with van der Waals surface area (Å²) in [5, 5.41) is 2.87. The first-order valence-corrected chi connectivity index (χ1v) is 15.6. The number of quaternary nitrogens is 1. The number of phosphoric acid groups is 1. The van der Waals surface area contributed by atoms with Gasteiger partial charge in [-0.3, -0.25) is 4.57 Å². The molecular weight excluding hydrogens is 477 g/mol. The highest BCUT2D eigenvalue weighted by molar-refractivity contribution is 7.45.